The minimum absolute atomic E-state index is 0.135. The first-order valence-corrected chi connectivity index (χ1v) is 7.14. The number of nitrogens with zero attached hydrogens (tertiary/aromatic N) is 4. The maximum absolute atomic E-state index is 9.50. The highest BCUT2D eigenvalue weighted by Crippen LogP contribution is 2.30. The molecule has 0 saturated heterocycles. The lowest BCUT2D eigenvalue weighted by Gasteiger charge is -2.06. The van der Waals surface area contributed by atoms with Gasteiger partial charge in [-0.15, -0.1) is 0 Å². The van der Waals surface area contributed by atoms with Crippen LogP contribution in [0.1, 0.15) is 5.69 Å². The van der Waals surface area contributed by atoms with Gasteiger partial charge in [-0.25, -0.2) is 9.97 Å². The zero-order chi connectivity index (χ0) is 14.4. The predicted molar refractivity (Wildman–Crippen MR) is 81.7 cm³/mol. The molecule has 0 spiro atoms. The van der Waals surface area contributed by atoms with Gasteiger partial charge in [0.25, 0.3) is 0 Å². The molecule has 0 bridgehead atoms. The van der Waals surface area contributed by atoms with Crippen molar-refractivity contribution >= 4 is 32.6 Å². The van der Waals surface area contributed by atoms with E-state index in [4.69, 9.17) is 0 Å². The highest BCUT2D eigenvalue weighted by molar-refractivity contribution is 9.10. The van der Waals surface area contributed by atoms with E-state index in [0.29, 0.717) is 10.3 Å². The van der Waals surface area contributed by atoms with E-state index in [1.54, 1.807) is 12.4 Å². The molecule has 4 heterocycles. The fourth-order valence-electron chi connectivity index (χ4n) is 2.47. The monoisotopic (exact) mass is 343 g/mol. The highest BCUT2D eigenvalue weighted by Gasteiger charge is 2.17. The van der Waals surface area contributed by atoms with Crippen molar-refractivity contribution in [1.82, 2.24) is 24.3 Å². The molecule has 0 aliphatic rings. The normalized spacial score (nSPS) is 11.5. The number of rotatable bonds is 2. The zero-order valence-corrected chi connectivity index (χ0v) is 12.4. The topological polar surface area (TPSA) is 79.1 Å². The van der Waals surface area contributed by atoms with Crippen LogP contribution in [0.2, 0.25) is 0 Å². The Kier molecular flexibility index (Phi) is 2.76. The molecule has 21 heavy (non-hydrogen) atoms. The van der Waals surface area contributed by atoms with E-state index in [1.807, 2.05) is 28.8 Å². The Morgan fingerprint density at radius 3 is 3.00 bits per heavy atom. The molecule has 4 rings (SSSR count). The Balaban J connectivity index is 2.16. The van der Waals surface area contributed by atoms with Gasteiger partial charge in [0.1, 0.15) is 10.4 Å². The second-order valence-corrected chi connectivity index (χ2v) is 5.32. The summed E-state index contributed by atoms with van der Waals surface area (Å²) in [7, 11) is 0. The van der Waals surface area contributed by atoms with Gasteiger partial charge in [-0.05, 0) is 34.1 Å². The summed E-state index contributed by atoms with van der Waals surface area (Å²) in [6.45, 7) is -0.135. The second kappa shape index (κ2) is 4.64. The molecule has 0 aliphatic carbocycles. The molecule has 4 aromatic heterocycles. The van der Waals surface area contributed by atoms with Gasteiger partial charge in [-0.1, -0.05) is 0 Å². The third-order valence-corrected chi connectivity index (χ3v) is 3.99. The number of pyridine rings is 1. The number of halogens is 1. The molecule has 0 fully saturated rings. The molecule has 0 saturated carbocycles. The SMILES string of the molecule is OCc1ncccc1-c1nc(Br)c2cnc3[nH]ccc3n12. The van der Waals surface area contributed by atoms with Gasteiger partial charge >= 0.3 is 0 Å². The zero-order valence-electron chi connectivity index (χ0n) is 10.8. The van der Waals surface area contributed by atoms with Crippen LogP contribution in [0.15, 0.2) is 41.4 Å². The van der Waals surface area contributed by atoms with Gasteiger partial charge in [0, 0.05) is 18.0 Å². The van der Waals surface area contributed by atoms with Crippen molar-refractivity contribution in [2.24, 2.45) is 0 Å². The van der Waals surface area contributed by atoms with Crippen molar-refractivity contribution in [1.29, 1.82) is 0 Å². The first kappa shape index (κ1) is 12.5. The van der Waals surface area contributed by atoms with Crippen LogP contribution in [0, 0.1) is 0 Å². The van der Waals surface area contributed by atoms with Gasteiger partial charge in [0.2, 0.25) is 0 Å². The molecular formula is C14H10BrN5O. The average molecular weight is 344 g/mol. The largest absolute Gasteiger partial charge is 0.390 e. The summed E-state index contributed by atoms with van der Waals surface area (Å²) in [4.78, 5) is 16.2. The lowest BCUT2D eigenvalue weighted by atomic mass is 10.2. The maximum Gasteiger partial charge on any atom is 0.154 e. The minimum atomic E-state index is -0.135. The van der Waals surface area contributed by atoms with E-state index >= 15 is 0 Å². The summed E-state index contributed by atoms with van der Waals surface area (Å²) in [5.74, 6) is 0.723. The Bertz CT molecular complexity index is 958. The molecule has 104 valence electrons. The third-order valence-electron chi connectivity index (χ3n) is 3.41. The predicted octanol–water partition coefficient (Wildman–Crippen LogP) is 2.53. The molecule has 0 radical (unpaired) electrons. The molecule has 0 atom stereocenters. The average Bonchev–Trinajstić information content (AvgIpc) is 3.11. The summed E-state index contributed by atoms with van der Waals surface area (Å²) in [5, 5.41) is 9.50. The van der Waals surface area contributed by atoms with Crippen molar-refractivity contribution in [3.8, 4) is 11.4 Å². The number of H-pyrrole nitrogens is 1. The van der Waals surface area contributed by atoms with Crippen LogP contribution in [0.4, 0.5) is 0 Å². The van der Waals surface area contributed by atoms with Gasteiger partial charge < -0.3 is 10.1 Å². The molecule has 0 unspecified atom stereocenters. The first-order valence-electron chi connectivity index (χ1n) is 6.35. The number of aromatic nitrogens is 5. The van der Waals surface area contributed by atoms with Crippen LogP contribution in [0.25, 0.3) is 28.1 Å². The van der Waals surface area contributed by atoms with Crippen molar-refractivity contribution in [2.45, 2.75) is 6.61 Å². The van der Waals surface area contributed by atoms with E-state index in [9.17, 15) is 5.11 Å². The minimum Gasteiger partial charge on any atom is -0.390 e. The van der Waals surface area contributed by atoms with E-state index in [1.165, 1.54) is 0 Å². The number of hydrogen-bond donors (Lipinski definition) is 2. The number of aromatic amines is 1. The van der Waals surface area contributed by atoms with Crippen molar-refractivity contribution in [3.63, 3.8) is 0 Å². The van der Waals surface area contributed by atoms with Crippen LogP contribution in [0.5, 0.6) is 0 Å². The summed E-state index contributed by atoms with van der Waals surface area (Å²) in [5.41, 5.74) is 3.97. The van der Waals surface area contributed by atoms with Crippen molar-refractivity contribution < 1.29 is 5.11 Å². The molecule has 6 nitrogen and oxygen atoms in total. The lowest BCUT2D eigenvalue weighted by molar-refractivity contribution is 0.277. The molecule has 2 N–H and O–H groups in total. The van der Waals surface area contributed by atoms with Crippen LogP contribution in [-0.4, -0.2) is 29.4 Å². The van der Waals surface area contributed by atoms with E-state index < -0.39 is 0 Å². The molecule has 0 aromatic carbocycles. The summed E-state index contributed by atoms with van der Waals surface area (Å²) < 4.78 is 2.71. The highest BCUT2D eigenvalue weighted by atomic mass is 79.9. The quantitative estimate of drug-likeness (QED) is 0.586. The number of hydrogen-bond acceptors (Lipinski definition) is 4. The summed E-state index contributed by atoms with van der Waals surface area (Å²) in [6, 6.07) is 5.68. The van der Waals surface area contributed by atoms with Crippen LogP contribution >= 0.6 is 15.9 Å². The number of imidazole rings is 1. The molecule has 4 aromatic rings. The lowest BCUT2D eigenvalue weighted by Crippen LogP contribution is -1.98. The van der Waals surface area contributed by atoms with Crippen LogP contribution in [0.3, 0.4) is 0 Å². The maximum atomic E-state index is 9.50. The number of fused-ring (bicyclic) bond motifs is 3. The molecular weight excluding hydrogens is 334 g/mol. The van der Waals surface area contributed by atoms with Crippen molar-refractivity contribution in [2.75, 3.05) is 0 Å². The van der Waals surface area contributed by atoms with E-state index in [2.05, 4.69) is 35.9 Å². The standard InChI is InChI=1S/C14H10BrN5O/c15-12-11-6-18-13-10(3-5-17-13)20(11)14(19-12)8-2-1-4-16-9(8)7-21/h1-6,17,21H,7H2. The Morgan fingerprint density at radius 1 is 1.24 bits per heavy atom. The number of nitrogens with one attached hydrogen (secondary N) is 1. The van der Waals surface area contributed by atoms with Crippen LogP contribution in [-0.2, 0) is 6.61 Å². The van der Waals surface area contributed by atoms with Gasteiger partial charge in [-0.3, -0.25) is 9.38 Å². The van der Waals surface area contributed by atoms with Crippen LogP contribution < -0.4 is 0 Å². The Hall–Kier alpha value is -2.25. The van der Waals surface area contributed by atoms with Gasteiger partial charge in [0.15, 0.2) is 5.65 Å². The third kappa shape index (κ3) is 1.78. The first-order chi connectivity index (χ1) is 10.3. The summed E-state index contributed by atoms with van der Waals surface area (Å²) >= 11 is 3.47. The summed E-state index contributed by atoms with van der Waals surface area (Å²) in [6.07, 6.45) is 5.26. The Labute approximate surface area is 127 Å². The Morgan fingerprint density at radius 2 is 2.14 bits per heavy atom. The fourth-order valence-corrected chi connectivity index (χ4v) is 2.92. The van der Waals surface area contributed by atoms with Crippen molar-refractivity contribution in [3.05, 3.63) is 47.1 Å². The molecule has 0 amide bonds. The van der Waals surface area contributed by atoms with E-state index in [-0.39, 0.29) is 6.61 Å². The molecule has 7 heteroatoms. The number of aliphatic hydroxyl groups is 1. The number of aliphatic hydroxyl groups excluding tert-OH is 1. The smallest absolute Gasteiger partial charge is 0.154 e. The van der Waals surface area contributed by atoms with E-state index in [0.717, 1.165) is 28.1 Å². The fraction of sp³-hybridized carbons (Fsp3) is 0.0714. The second-order valence-electron chi connectivity index (χ2n) is 4.57. The van der Waals surface area contributed by atoms with Gasteiger partial charge in [-0.2, -0.15) is 0 Å². The van der Waals surface area contributed by atoms with Gasteiger partial charge in [0.05, 0.1) is 29.5 Å². The molecule has 0 aliphatic heterocycles.